The van der Waals surface area contributed by atoms with Gasteiger partial charge in [0.05, 0.1) is 18.4 Å². The molecule has 0 bridgehead atoms. The van der Waals surface area contributed by atoms with E-state index in [9.17, 15) is 14.4 Å². The van der Waals surface area contributed by atoms with Crippen LogP contribution in [0, 0.1) is 6.92 Å². The van der Waals surface area contributed by atoms with Gasteiger partial charge in [0.25, 0.3) is 0 Å². The molecule has 0 aliphatic rings. The van der Waals surface area contributed by atoms with E-state index in [1.165, 1.54) is 6.21 Å². The van der Waals surface area contributed by atoms with Crippen molar-refractivity contribution in [3.05, 3.63) is 89.5 Å². The number of benzene rings is 3. The fourth-order valence-corrected chi connectivity index (χ4v) is 2.81. The zero-order valence-corrected chi connectivity index (χ0v) is 18.2. The number of hydrazone groups is 1. The number of carbonyl (C=O) groups excluding carboxylic acids is 3. The van der Waals surface area contributed by atoms with Crippen molar-refractivity contribution in [2.24, 2.45) is 5.10 Å². The van der Waals surface area contributed by atoms with Gasteiger partial charge in [-0.3, -0.25) is 9.59 Å². The molecule has 3 aromatic rings. The Bertz CT molecular complexity index is 1170. The van der Waals surface area contributed by atoms with Crippen molar-refractivity contribution >= 4 is 29.7 Å². The number of anilines is 1. The van der Waals surface area contributed by atoms with E-state index in [4.69, 9.17) is 9.47 Å². The third kappa shape index (κ3) is 6.76. The number of hydrogen-bond donors (Lipinski definition) is 2. The molecule has 0 spiro atoms. The molecule has 33 heavy (non-hydrogen) atoms. The molecule has 3 aromatic carbocycles. The summed E-state index contributed by atoms with van der Waals surface area (Å²) in [6, 6.07) is 20.4. The third-order valence-electron chi connectivity index (χ3n) is 4.37. The van der Waals surface area contributed by atoms with Crippen LogP contribution in [0.4, 0.5) is 5.69 Å². The molecule has 2 N–H and O–H groups in total. The van der Waals surface area contributed by atoms with Crippen LogP contribution in [0.1, 0.15) is 28.4 Å². The molecule has 0 atom stereocenters. The second kappa shape index (κ2) is 11.2. The second-order valence-corrected chi connectivity index (χ2v) is 6.91. The Balaban J connectivity index is 1.59. The largest absolute Gasteiger partial charge is 0.494 e. The van der Waals surface area contributed by atoms with Crippen LogP contribution in [0.25, 0.3) is 0 Å². The van der Waals surface area contributed by atoms with Gasteiger partial charge in [0, 0.05) is 11.3 Å². The number of aryl methyl sites for hydroxylation is 1. The Morgan fingerprint density at radius 1 is 0.939 bits per heavy atom. The number of ether oxygens (including phenoxy) is 2. The zero-order valence-electron chi connectivity index (χ0n) is 18.2. The summed E-state index contributed by atoms with van der Waals surface area (Å²) in [5.41, 5.74) is 4.40. The molecular formula is C25H23N3O5. The predicted molar refractivity (Wildman–Crippen MR) is 125 cm³/mol. The van der Waals surface area contributed by atoms with E-state index in [1.54, 1.807) is 66.7 Å². The van der Waals surface area contributed by atoms with Crippen LogP contribution >= 0.6 is 0 Å². The first kappa shape index (κ1) is 23.2. The Morgan fingerprint density at radius 3 is 2.42 bits per heavy atom. The monoisotopic (exact) mass is 445 g/mol. The van der Waals surface area contributed by atoms with E-state index in [0.29, 0.717) is 29.2 Å². The van der Waals surface area contributed by atoms with Crippen LogP contribution in [0.3, 0.4) is 0 Å². The standard InChI is InChI=1S/C25H23N3O5/c1-3-32-21-13-11-20(12-14-21)27-23(29)24(30)28-26-16-19-8-4-5-10-22(19)33-25(31)18-9-6-7-17(2)15-18/h4-16H,3H2,1-2H3,(H,27,29)(H,28,30)/b26-16+. The van der Waals surface area contributed by atoms with Gasteiger partial charge in [-0.2, -0.15) is 5.10 Å². The van der Waals surface area contributed by atoms with Gasteiger partial charge in [0.15, 0.2) is 0 Å². The van der Waals surface area contributed by atoms with Crippen LogP contribution in [0.2, 0.25) is 0 Å². The van der Waals surface area contributed by atoms with Gasteiger partial charge in [-0.25, -0.2) is 10.2 Å². The van der Waals surface area contributed by atoms with Crippen LogP contribution < -0.4 is 20.2 Å². The molecule has 168 valence electrons. The Hall–Kier alpha value is -4.46. The van der Waals surface area contributed by atoms with E-state index in [1.807, 2.05) is 19.9 Å². The molecular weight excluding hydrogens is 422 g/mol. The van der Waals surface area contributed by atoms with Crippen molar-refractivity contribution in [2.45, 2.75) is 13.8 Å². The number of carbonyl (C=O) groups is 3. The van der Waals surface area contributed by atoms with Gasteiger partial charge in [0.2, 0.25) is 0 Å². The Labute approximate surface area is 191 Å². The number of rotatable bonds is 7. The van der Waals surface area contributed by atoms with Crippen molar-refractivity contribution in [1.82, 2.24) is 5.43 Å². The van der Waals surface area contributed by atoms with Crippen LogP contribution in [0.15, 0.2) is 77.9 Å². The van der Waals surface area contributed by atoms with Gasteiger partial charge >= 0.3 is 17.8 Å². The molecule has 0 heterocycles. The maximum absolute atomic E-state index is 12.4. The molecule has 0 unspecified atom stereocenters. The minimum Gasteiger partial charge on any atom is -0.494 e. The molecule has 8 heteroatoms. The molecule has 3 rings (SSSR count). The average Bonchev–Trinajstić information content (AvgIpc) is 2.81. The molecule has 8 nitrogen and oxygen atoms in total. The lowest BCUT2D eigenvalue weighted by atomic mass is 10.1. The summed E-state index contributed by atoms with van der Waals surface area (Å²) in [5.74, 6) is -1.42. The molecule has 0 saturated heterocycles. The maximum Gasteiger partial charge on any atom is 0.343 e. The molecule has 2 amide bonds. The summed E-state index contributed by atoms with van der Waals surface area (Å²) in [6.45, 7) is 4.28. The van der Waals surface area contributed by atoms with E-state index in [0.717, 1.165) is 5.56 Å². The quantitative estimate of drug-likeness (QED) is 0.190. The summed E-state index contributed by atoms with van der Waals surface area (Å²) < 4.78 is 10.8. The average molecular weight is 445 g/mol. The first-order valence-electron chi connectivity index (χ1n) is 10.2. The summed E-state index contributed by atoms with van der Waals surface area (Å²) in [5, 5.41) is 6.27. The van der Waals surface area contributed by atoms with Crippen LogP contribution in [0.5, 0.6) is 11.5 Å². The van der Waals surface area contributed by atoms with E-state index < -0.39 is 17.8 Å². The van der Waals surface area contributed by atoms with Crippen molar-refractivity contribution in [2.75, 3.05) is 11.9 Å². The number of amides is 2. The topological polar surface area (TPSA) is 106 Å². The van der Waals surface area contributed by atoms with E-state index in [2.05, 4.69) is 15.8 Å². The van der Waals surface area contributed by atoms with Gasteiger partial charge in [-0.05, 0) is 62.4 Å². The van der Waals surface area contributed by atoms with E-state index in [-0.39, 0.29) is 5.75 Å². The van der Waals surface area contributed by atoms with Crippen molar-refractivity contribution in [3.8, 4) is 11.5 Å². The summed E-state index contributed by atoms with van der Waals surface area (Å²) in [7, 11) is 0. The second-order valence-electron chi connectivity index (χ2n) is 6.91. The SMILES string of the molecule is CCOc1ccc(NC(=O)C(=O)N/N=C/c2ccccc2OC(=O)c2cccc(C)c2)cc1. The van der Waals surface area contributed by atoms with Crippen molar-refractivity contribution < 1.29 is 23.9 Å². The van der Waals surface area contributed by atoms with Gasteiger partial charge in [-0.15, -0.1) is 0 Å². The minimum atomic E-state index is -0.950. The van der Waals surface area contributed by atoms with Gasteiger partial charge in [0.1, 0.15) is 11.5 Å². The fourth-order valence-electron chi connectivity index (χ4n) is 2.81. The lowest BCUT2D eigenvalue weighted by Crippen LogP contribution is -2.32. The van der Waals surface area contributed by atoms with Gasteiger partial charge < -0.3 is 14.8 Å². The summed E-state index contributed by atoms with van der Waals surface area (Å²) in [6.07, 6.45) is 1.29. The van der Waals surface area contributed by atoms with E-state index >= 15 is 0 Å². The van der Waals surface area contributed by atoms with Crippen LogP contribution in [-0.4, -0.2) is 30.6 Å². The number of nitrogens with one attached hydrogen (secondary N) is 2. The predicted octanol–water partition coefficient (Wildman–Crippen LogP) is 3.70. The maximum atomic E-state index is 12.4. The first-order valence-corrected chi connectivity index (χ1v) is 10.2. The lowest BCUT2D eigenvalue weighted by molar-refractivity contribution is -0.136. The zero-order chi connectivity index (χ0) is 23.6. The first-order chi connectivity index (χ1) is 16.0. The normalized spacial score (nSPS) is 10.5. The molecule has 0 aliphatic heterocycles. The highest BCUT2D eigenvalue weighted by molar-refractivity contribution is 6.39. The smallest absolute Gasteiger partial charge is 0.343 e. The van der Waals surface area contributed by atoms with Crippen LogP contribution in [-0.2, 0) is 9.59 Å². The number of hydrogen-bond acceptors (Lipinski definition) is 6. The van der Waals surface area contributed by atoms with Crippen molar-refractivity contribution in [3.63, 3.8) is 0 Å². The number of para-hydroxylation sites is 1. The number of esters is 1. The minimum absolute atomic E-state index is 0.265. The summed E-state index contributed by atoms with van der Waals surface area (Å²) in [4.78, 5) is 36.5. The fraction of sp³-hybridized carbons (Fsp3) is 0.120. The Morgan fingerprint density at radius 2 is 1.70 bits per heavy atom. The van der Waals surface area contributed by atoms with Crippen molar-refractivity contribution in [1.29, 1.82) is 0 Å². The lowest BCUT2D eigenvalue weighted by Gasteiger charge is -2.08. The Kier molecular flexibility index (Phi) is 7.91. The molecule has 0 saturated carbocycles. The third-order valence-corrected chi connectivity index (χ3v) is 4.37. The highest BCUT2D eigenvalue weighted by atomic mass is 16.5. The molecule has 0 radical (unpaired) electrons. The number of nitrogens with zero attached hydrogens (tertiary/aromatic N) is 1. The molecule has 0 aliphatic carbocycles. The highest BCUT2D eigenvalue weighted by Gasteiger charge is 2.14. The molecule has 0 fully saturated rings. The molecule has 0 aromatic heterocycles. The van der Waals surface area contributed by atoms with Gasteiger partial charge in [-0.1, -0.05) is 29.8 Å². The summed E-state index contributed by atoms with van der Waals surface area (Å²) >= 11 is 0. The highest BCUT2D eigenvalue weighted by Crippen LogP contribution is 2.18.